The van der Waals surface area contributed by atoms with E-state index in [9.17, 15) is 0 Å². The largest absolute Gasteiger partial charge is 0.147 e. The van der Waals surface area contributed by atoms with Gasteiger partial charge in [0.2, 0.25) is 0 Å². The molecule has 8 aromatic rings. The van der Waals surface area contributed by atoms with Gasteiger partial charge in [-0.3, -0.25) is 0 Å². The maximum Gasteiger partial charge on any atom is -0.147 e. The Bertz CT molecular complexity index is 2960. The van der Waals surface area contributed by atoms with E-state index in [1.165, 1.54) is 155 Å². The van der Waals surface area contributed by atoms with Gasteiger partial charge in [0.1, 0.15) is 0 Å². The minimum atomic E-state index is -3.59. The third kappa shape index (κ3) is 6.74. The van der Waals surface area contributed by atoms with Crippen LogP contribution in [0.4, 0.5) is 0 Å². The maximum absolute atomic E-state index is 3.59. The van der Waals surface area contributed by atoms with Crippen LogP contribution in [0.3, 0.4) is 0 Å². The summed E-state index contributed by atoms with van der Waals surface area (Å²) in [6.45, 7) is 0. The van der Waals surface area contributed by atoms with Gasteiger partial charge in [0, 0.05) is 0 Å². The standard InChI is InChI=1S/2C29H25.C6H10.2ClH.Hf/c2*1-2-9-20(10-3-1)24-18-23-13-8-16-27(28(23)19-24)29-25-14-6-4-11-21(25)17-22-12-5-7-15-26(22)29;1-2-4-6-5-3-1;;;/h2*4-8,11-20H,1-3,9-10H2;1-2H,3-6H2;2*1H;. The van der Waals surface area contributed by atoms with E-state index in [4.69, 9.17) is 0 Å². The van der Waals surface area contributed by atoms with Crippen LogP contribution in [0.15, 0.2) is 157 Å². The summed E-state index contributed by atoms with van der Waals surface area (Å²) in [4.78, 5) is 0. The van der Waals surface area contributed by atoms with Crippen molar-refractivity contribution in [3.63, 3.8) is 0 Å². The topological polar surface area (TPSA) is 0 Å². The molecule has 1 saturated heterocycles. The zero-order chi connectivity index (χ0) is 42.6. The Labute approximate surface area is 414 Å². The molecule has 67 heavy (non-hydrogen) atoms. The second-order valence-corrected chi connectivity index (χ2v) is 38.0. The monoisotopic (exact) mass is 1080 g/mol. The minimum Gasteiger partial charge on any atom is -0.147 e. The summed E-state index contributed by atoms with van der Waals surface area (Å²) in [5.74, 6) is 1.43. The summed E-state index contributed by atoms with van der Waals surface area (Å²) < 4.78 is 3.29. The quantitative estimate of drug-likeness (QED) is 0.115. The third-order valence-corrected chi connectivity index (χ3v) is 43.0. The van der Waals surface area contributed by atoms with Crippen LogP contribution in [-0.2, 0) is 20.0 Å². The Kier molecular flexibility index (Phi) is 11.6. The van der Waals surface area contributed by atoms with E-state index in [2.05, 4.69) is 158 Å². The average Bonchev–Trinajstić information content (AvgIpc) is 3.61. The smallest absolute Gasteiger partial charge is 0.147 e. The van der Waals surface area contributed by atoms with E-state index >= 15 is 0 Å². The zero-order valence-electron chi connectivity index (χ0n) is 38.7. The molecular formula is C64H62Cl2Hf. The van der Waals surface area contributed by atoms with Crippen molar-refractivity contribution >= 4 is 80.1 Å². The average molecular weight is 1080 g/mol. The maximum atomic E-state index is 2.90. The predicted octanol–water partition coefficient (Wildman–Crippen LogP) is 19.5. The molecule has 0 radical (unpaired) electrons. The van der Waals surface area contributed by atoms with Gasteiger partial charge in [0.05, 0.1) is 0 Å². The van der Waals surface area contributed by atoms with Gasteiger partial charge >= 0.3 is 393 Å². The number of halogens is 2. The summed E-state index contributed by atoms with van der Waals surface area (Å²) in [6.07, 6.45) is 25.6. The summed E-state index contributed by atoms with van der Waals surface area (Å²) in [5.41, 5.74) is 16.4. The molecule has 14 rings (SSSR count). The molecule has 0 amide bonds. The Morgan fingerprint density at radius 3 is 1.06 bits per heavy atom. The molecule has 0 spiro atoms. The van der Waals surface area contributed by atoms with E-state index in [1.807, 2.05) is 11.1 Å². The van der Waals surface area contributed by atoms with Gasteiger partial charge in [-0.1, -0.05) is 0 Å². The Hall–Kier alpha value is -4.27. The van der Waals surface area contributed by atoms with Gasteiger partial charge in [0.15, 0.2) is 0 Å². The summed E-state index contributed by atoms with van der Waals surface area (Å²) in [6, 6.07) is 57.2. The molecule has 0 N–H and O–H groups in total. The van der Waals surface area contributed by atoms with E-state index in [0.717, 1.165) is 7.35 Å². The molecule has 336 valence electrons. The molecule has 3 heteroatoms. The van der Waals surface area contributed by atoms with Crippen LogP contribution >= 0.6 is 24.8 Å². The Morgan fingerprint density at radius 2 is 0.687 bits per heavy atom. The van der Waals surface area contributed by atoms with Crippen molar-refractivity contribution in [1.82, 2.24) is 0 Å². The fourth-order valence-corrected chi connectivity index (χ4v) is 51.4. The fraction of sp³-hybridized carbons (Fsp3) is 0.312. The van der Waals surface area contributed by atoms with Crippen LogP contribution in [0.1, 0.15) is 119 Å². The summed E-state index contributed by atoms with van der Waals surface area (Å²) in [7, 11) is 0. The van der Waals surface area contributed by atoms with Crippen LogP contribution < -0.4 is 0 Å². The second-order valence-electron chi connectivity index (χ2n) is 21.3. The van der Waals surface area contributed by atoms with Crippen molar-refractivity contribution in [3.8, 4) is 22.3 Å². The molecule has 4 fully saturated rings. The van der Waals surface area contributed by atoms with Crippen molar-refractivity contribution in [2.24, 2.45) is 11.8 Å². The molecule has 0 bridgehead atoms. The molecule has 4 atom stereocenters. The number of rotatable bonds is 6. The van der Waals surface area contributed by atoms with Crippen LogP contribution in [0.5, 0.6) is 0 Å². The van der Waals surface area contributed by atoms with Gasteiger partial charge in [-0.15, -0.1) is 24.8 Å². The second kappa shape index (κ2) is 17.6. The van der Waals surface area contributed by atoms with Crippen LogP contribution in [0, 0.1) is 11.8 Å². The molecule has 8 aromatic carbocycles. The number of hydrogen-bond acceptors (Lipinski definition) is 0. The van der Waals surface area contributed by atoms with E-state index in [0.29, 0.717) is 19.2 Å². The van der Waals surface area contributed by atoms with Crippen LogP contribution in [0.2, 0.25) is 7.35 Å². The third-order valence-electron chi connectivity index (χ3n) is 18.4. The molecule has 0 aromatic heterocycles. The van der Waals surface area contributed by atoms with Gasteiger partial charge in [0.25, 0.3) is 0 Å². The fourth-order valence-electron chi connectivity index (χ4n) is 15.8. The van der Waals surface area contributed by atoms with Gasteiger partial charge < -0.3 is 0 Å². The van der Waals surface area contributed by atoms with Crippen molar-refractivity contribution in [2.75, 3.05) is 0 Å². The molecule has 1 heterocycles. The normalized spacial score (nSPS) is 24.7. The SMILES string of the molecule is C1=C(C2CCCCC2)[CH]([Hf]2([CH]3C(C4CCCCC4)=Cc4c(-c5c6ccccc6cc6ccccc56)cccc43)[CH]3CCCC[CH]32)c2cccc(-c3c4ccccc4cc4ccccc34)c21.Cl.Cl. The van der Waals surface area contributed by atoms with Gasteiger partial charge in [-0.25, -0.2) is 0 Å². The Morgan fingerprint density at radius 1 is 0.343 bits per heavy atom. The number of fused-ring (bicyclic) bond motifs is 7. The van der Waals surface area contributed by atoms with E-state index in [1.54, 1.807) is 22.3 Å². The Balaban J connectivity index is 0.00000234. The molecule has 3 saturated carbocycles. The first kappa shape index (κ1) is 44.0. The van der Waals surface area contributed by atoms with Crippen molar-refractivity contribution < 1.29 is 20.0 Å². The van der Waals surface area contributed by atoms with Crippen molar-refractivity contribution in [3.05, 3.63) is 179 Å². The van der Waals surface area contributed by atoms with Crippen molar-refractivity contribution in [2.45, 2.75) is 105 Å². The van der Waals surface area contributed by atoms with Crippen LogP contribution in [-0.4, -0.2) is 0 Å². The van der Waals surface area contributed by atoms with Crippen molar-refractivity contribution in [1.29, 1.82) is 0 Å². The summed E-state index contributed by atoms with van der Waals surface area (Å²) in [5, 5.41) is 11.0. The summed E-state index contributed by atoms with van der Waals surface area (Å²) >= 11 is -3.59. The first-order valence-electron chi connectivity index (χ1n) is 25.8. The first-order valence-corrected chi connectivity index (χ1v) is 34.1. The molecule has 6 aliphatic rings. The van der Waals surface area contributed by atoms with E-state index in [-0.39, 0.29) is 24.8 Å². The first-order chi connectivity index (χ1) is 32.3. The van der Waals surface area contributed by atoms with Crippen LogP contribution in [0.25, 0.3) is 77.5 Å². The van der Waals surface area contributed by atoms with E-state index < -0.39 is 20.0 Å². The molecule has 1 aliphatic heterocycles. The van der Waals surface area contributed by atoms with Gasteiger partial charge in [-0.2, -0.15) is 0 Å². The molecular weight excluding hydrogens is 1020 g/mol. The minimum absolute atomic E-state index is 0. The number of hydrogen-bond donors (Lipinski definition) is 0. The molecule has 0 nitrogen and oxygen atoms in total. The molecule has 4 unspecified atom stereocenters. The predicted molar refractivity (Wildman–Crippen MR) is 289 cm³/mol. The number of allylic oxidation sites excluding steroid dienone is 2. The number of benzene rings is 8. The van der Waals surface area contributed by atoms with Gasteiger partial charge in [-0.05, 0) is 0 Å². The molecule has 5 aliphatic carbocycles. The zero-order valence-corrected chi connectivity index (χ0v) is 43.9.